The average molecular weight is 615 g/mol. The summed E-state index contributed by atoms with van der Waals surface area (Å²) in [6.07, 6.45) is -1.06. The molecule has 2 N–H and O–H groups in total. The van der Waals surface area contributed by atoms with E-state index in [9.17, 15) is 19.0 Å². The van der Waals surface area contributed by atoms with Gasteiger partial charge in [0, 0.05) is 13.5 Å². The van der Waals surface area contributed by atoms with Crippen molar-refractivity contribution in [2.75, 3.05) is 20.3 Å². The van der Waals surface area contributed by atoms with E-state index in [1.165, 1.54) is 13.2 Å². The number of hydrogen-bond donors (Lipinski definition) is 2. The van der Waals surface area contributed by atoms with Crippen LogP contribution < -0.4 is 9.47 Å². The van der Waals surface area contributed by atoms with Crippen molar-refractivity contribution in [3.63, 3.8) is 0 Å². The molecule has 0 aliphatic heterocycles. The van der Waals surface area contributed by atoms with Gasteiger partial charge in [0.1, 0.15) is 42.7 Å². The molecule has 12 heteroatoms. The standard InChI is InChI=1S/C31H35O11P/c1-3-27(42-43(35,36)40-19-18-30(32)33)29(37-2)22-39-31(34)17-16-24-11-7-8-15-28(24)38-21-23-10-9-14-26(20-23)41-25-12-5-4-6-13-25/h3-15,20,27,29H,1,16-19,21-22H2,2H3,(H,32,33)(H,35,36)/t27-,29?/m0/s1. The molecule has 43 heavy (non-hydrogen) atoms. The van der Waals surface area contributed by atoms with Crippen molar-refractivity contribution in [2.24, 2.45) is 0 Å². The van der Waals surface area contributed by atoms with E-state index in [1.54, 1.807) is 0 Å². The molecule has 3 aromatic carbocycles. The molecule has 0 aliphatic rings. The fourth-order valence-corrected chi connectivity index (χ4v) is 4.72. The number of carbonyl (C=O) groups excluding carboxylic acids is 1. The van der Waals surface area contributed by atoms with Gasteiger partial charge in [0.05, 0.1) is 13.0 Å². The fraction of sp³-hybridized carbons (Fsp3) is 0.290. The van der Waals surface area contributed by atoms with Crippen LogP contribution in [-0.2, 0) is 45.7 Å². The maximum absolute atomic E-state index is 12.5. The van der Waals surface area contributed by atoms with Crippen LogP contribution in [0.15, 0.2) is 91.5 Å². The summed E-state index contributed by atoms with van der Waals surface area (Å²) in [5.41, 5.74) is 1.72. The van der Waals surface area contributed by atoms with Gasteiger partial charge in [0.25, 0.3) is 0 Å². The van der Waals surface area contributed by atoms with Crippen molar-refractivity contribution in [3.05, 3.63) is 103 Å². The van der Waals surface area contributed by atoms with Crippen LogP contribution in [0.5, 0.6) is 17.2 Å². The van der Waals surface area contributed by atoms with Crippen LogP contribution in [0.1, 0.15) is 24.0 Å². The molecule has 0 heterocycles. The molecular weight excluding hydrogens is 579 g/mol. The summed E-state index contributed by atoms with van der Waals surface area (Å²) in [7, 11) is -3.31. The molecule has 0 amide bonds. The van der Waals surface area contributed by atoms with Gasteiger partial charge < -0.3 is 28.9 Å². The number of benzene rings is 3. The molecule has 3 atom stereocenters. The van der Waals surface area contributed by atoms with E-state index in [4.69, 9.17) is 28.6 Å². The smallest absolute Gasteiger partial charge is 0.472 e. The van der Waals surface area contributed by atoms with Crippen molar-refractivity contribution in [1.29, 1.82) is 0 Å². The summed E-state index contributed by atoms with van der Waals surface area (Å²) in [5, 5.41) is 8.66. The maximum Gasteiger partial charge on any atom is 0.472 e. The predicted octanol–water partition coefficient (Wildman–Crippen LogP) is 5.71. The van der Waals surface area contributed by atoms with Crippen LogP contribution in [0.25, 0.3) is 0 Å². The SMILES string of the molecule is C=C[C@H](OP(=O)(O)OCCC(=O)O)C(COC(=O)CCc1ccccc1OCc1cccc(Oc2ccccc2)c1)OC. The normalized spacial score (nSPS) is 13.7. The van der Waals surface area contributed by atoms with E-state index < -0.39 is 45.0 Å². The minimum atomic E-state index is -4.62. The Morgan fingerprint density at radius 2 is 1.70 bits per heavy atom. The molecule has 3 aromatic rings. The Morgan fingerprint density at radius 3 is 2.42 bits per heavy atom. The van der Waals surface area contributed by atoms with Gasteiger partial charge in [0.2, 0.25) is 0 Å². The number of carbonyl (C=O) groups is 2. The molecule has 0 aromatic heterocycles. The highest BCUT2D eigenvalue weighted by molar-refractivity contribution is 7.47. The van der Waals surface area contributed by atoms with Gasteiger partial charge in [-0.1, -0.05) is 54.6 Å². The number of para-hydroxylation sites is 2. The minimum absolute atomic E-state index is 0.0353. The number of rotatable bonds is 19. The van der Waals surface area contributed by atoms with Crippen molar-refractivity contribution in [2.45, 2.75) is 38.1 Å². The molecule has 0 aliphatic carbocycles. The van der Waals surface area contributed by atoms with E-state index in [2.05, 4.69) is 11.1 Å². The predicted molar refractivity (Wildman–Crippen MR) is 157 cm³/mol. The number of phosphoric acid groups is 1. The fourth-order valence-electron chi connectivity index (χ4n) is 3.81. The van der Waals surface area contributed by atoms with Crippen molar-refractivity contribution >= 4 is 19.8 Å². The minimum Gasteiger partial charge on any atom is -0.489 e. The summed E-state index contributed by atoms with van der Waals surface area (Å²) >= 11 is 0. The van der Waals surface area contributed by atoms with E-state index >= 15 is 0 Å². The lowest BCUT2D eigenvalue weighted by atomic mass is 10.1. The van der Waals surface area contributed by atoms with E-state index in [0.29, 0.717) is 24.5 Å². The van der Waals surface area contributed by atoms with Crippen molar-refractivity contribution < 1.29 is 52.1 Å². The first-order chi connectivity index (χ1) is 20.7. The lowest BCUT2D eigenvalue weighted by Gasteiger charge is -2.24. The monoisotopic (exact) mass is 614 g/mol. The Bertz CT molecular complexity index is 1380. The van der Waals surface area contributed by atoms with E-state index in [1.807, 2.05) is 78.9 Å². The molecule has 2 unspecified atom stereocenters. The zero-order chi connectivity index (χ0) is 31.1. The first-order valence-electron chi connectivity index (χ1n) is 13.4. The van der Waals surface area contributed by atoms with Crippen LogP contribution in [0.4, 0.5) is 0 Å². The van der Waals surface area contributed by atoms with Gasteiger partial charge in [-0.3, -0.25) is 18.6 Å². The zero-order valence-corrected chi connectivity index (χ0v) is 24.6. The molecule has 11 nitrogen and oxygen atoms in total. The summed E-state index contributed by atoms with van der Waals surface area (Å²) in [4.78, 5) is 33.0. The van der Waals surface area contributed by atoms with Gasteiger partial charge in [-0.05, 0) is 47.9 Å². The number of aryl methyl sites for hydroxylation is 1. The highest BCUT2D eigenvalue weighted by Crippen LogP contribution is 2.45. The maximum atomic E-state index is 12.5. The van der Waals surface area contributed by atoms with Crippen LogP contribution in [0.3, 0.4) is 0 Å². The third-order valence-corrected chi connectivity index (χ3v) is 7.00. The van der Waals surface area contributed by atoms with Crippen LogP contribution in [0.2, 0.25) is 0 Å². The Morgan fingerprint density at radius 1 is 0.977 bits per heavy atom. The molecule has 230 valence electrons. The quantitative estimate of drug-likeness (QED) is 0.0972. The molecule has 0 spiro atoms. The van der Waals surface area contributed by atoms with Gasteiger partial charge in [0.15, 0.2) is 0 Å². The number of esters is 1. The van der Waals surface area contributed by atoms with Crippen molar-refractivity contribution in [1.82, 2.24) is 0 Å². The second-order valence-corrected chi connectivity index (χ2v) is 10.6. The summed E-state index contributed by atoms with van der Waals surface area (Å²) in [6.45, 7) is 3.02. The number of hydrogen-bond acceptors (Lipinski definition) is 9. The second kappa shape index (κ2) is 17.2. The molecular formula is C31H35O11P. The van der Waals surface area contributed by atoms with Crippen LogP contribution in [0, 0.1) is 0 Å². The van der Waals surface area contributed by atoms with Gasteiger partial charge >= 0.3 is 19.8 Å². The number of carboxylic acids is 1. The first-order valence-corrected chi connectivity index (χ1v) is 14.9. The number of methoxy groups -OCH3 is 1. The third kappa shape index (κ3) is 12.0. The van der Waals surface area contributed by atoms with Gasteiger partial charge in [-0.2, -0.15) is 0 Å². The van der Waals surface area contributed by atoms with Gasteiger partial charge in [-0.15, -0.1) is 6.58 Å². The summed E-state index contributed by atoms with van der Waals surface area (Å²) in [5.74, 6) is 0.318. The zero-order valence-electron chi connectivity index (χ0n) is 23.7. The largest absolute Gasteiger partial charge is 0.489 e. The Kier molecular flexibility index (Phi) is 13.4. The summed E-state index contributed by atoms with van der Waals surface area (Å²) < 4.78 is 44.4. The lowest BCUT2D eigenvalue weighted by Crippen LogP contribution is -2.34. The molecule has 0 fully saturated rings. The molecule has 3 rings (SSSR count). The lowest BCUT2D eigenvalue weighted by molar-refractivity contribution is -0.149. The molecule has 0 saturated heterocycles. The number of phosphoric ester groups is 1. The molecule has 0 radical (unpaired) electrons. The highest BCUT2D eigenvalue weighted by Gasteiger charge is 2.31. The Balaban J connectivity index is 1.49. The second-order valence-electron chi connectivity index (χ2n) is 9.17. The topological polar surface area (TPSA) is 147 Å². The Hall–Kier alpha value is -3.99. The van der Waals surface area contributed by atoms with E-state index in [0.717, 1.165) is 16.9 Å². The summed E-state index contributed by atoms with van der Waals surface area (Å²) in [6, 6.07) is 24.4. The molecule has 0 bridgehead atoms. The van der Waals surface area contributed by atoms with Gasteiger partial charge in [-0.25, -0.2) is 4.57 Å². The number of carboxylic acid groups (broad SMARTS) is 1. The average Bonchev–Trinajstić information content (AvgIpc) is 2.99. The number of aliphatic carboxylic acids is 1. The first kappa shape index (κ1) is 33.5. The van der Waals surface area contributed by atoms with Crippen LogP contribution in [-0.4, -0.2) is 54.5 Å². The van der Waals surface area contributed by atoms with Crippen LogP contribution >= 0.6 is 7.82 Å². The third-order valence-electron chi connectivity index (χ3n) is 5.98. The highest BCUT2D eigenvalue weighted by atomic mass is 31.2. The van der Waals surface area contributed by atoms with E-state index in [-0.39, 0.29) is 13.0 Å². The molecule has 0 saturated carbocycles. The number of ether oxygens (including phenoxy) is 4. The van der Waals surface area contributed by atoms with Crippen molar-refractivity contribution in [3.8, 4) is 17.2 Å². The Labute approximate surface area is 250 Å².